The molecule has 1 aliphatic carbocycles. The van der Waals surface area contributed by atoms with Crippen molar-refractivity contribution in [3.05, 3.63) is 54.4 Å². The molecule has 8 heteroatoms. The number of nitrogens with zero attached hydrogens (tertiary/aromatic N) is 2. The summed E-state index contributed by atoms with van der Waals surface area (Å²) in [5, 5.41) is 5.44. The molecule has 1 aromatic carbocycles. The predicted octanol–water partition coefficient (Wildman–Crippen LogP) is 2.97. The van der Waals surface area contributed by atoms with Crippen LogP contribution in [-0.4, -0.2) is 36.8 Å². The van der Waals surface area contributed by atoms with Crippen LogP contribution in [0.4, 0.5) is 10.5 Å². The Kier molecular flexibility index (Phi) is 6.08. The zero-order valence-corrected chi connectivity index (χ0v) is 16.1. The van der Waals surface area contributed by atoms with Crippen molar-refractivity contribution < 1.29 is 13.2 Å². The first-order valence-corrected chi connectivity index (χ1v) is 10.4. The maximum absolute atomic E-state index is 12.7. The van der Waals surface area contributed by atoms with Crippen LogP contribution in [0.15, 0.2) is 53.7 Å². The zero-order valence-electron chi connectivity index (χ0n) is 15.3. The van der Waals surface area contributed by atoms with E-state index in [1.165, 1.54) is 16.4 Å². The van der Waals surface area contributed by atoms with Crippen molar-refractivity contribution >= 4 is 21.7 Å². The molecule has 0 unspecified atom stereocenters. The van der Waals surface area contributed by atoms with Gasteiger partial charge in [-0.3, -0.25) is 4.98 Å². The van der Waals surface area contributed by atoms with Gasteiger partial charge in [-0.15, -0.1) is 0 Å². The highest BCUT2D eigenvalue weighted by Crippen LogP contribution is 2.27. The predicted molar refractivity (Wildman–Crippen MR) is 104 cm³/mol. The standard InChI is InChI=1S/C19H24N4O3S/c1-23(17-4-2-3-5-17)27(25,26)18-8-6-16(7-9-18)22-19(24)21-14-15-10-12-20-13-11-15/h6-13,17H,2-5,14H2,1H3,(H2,21,22,24). The van der Waals surface area contributed by atoms with Crippen LogP contribution in [0.1, 0.15) is 31.2 Å². The lowest BCUT2D eigenvalue weighted by Crippen LogP contribution is -2.35. The molecular weight excluding hydrogens is 364 g/mol. The molecule has 1 fully saturated rings. The van der Waals surface area contributed by atoms with Crippen molar-refractivity contribution in [1.29, 1.82) is 0 Å². The SMILES string of the molecule is CN(C1CCCC1)S(=O)(=O)c1ccc(NC(=O)NCc2ccncc2)cc1. The third-order valence-corrected chi connectivity index (χ3v) is 6.75. The van der Waals surface area contributed by atoms with Gasteiger partial charge in [0.05, 0.1) is 4.90 Å². The number of carbonyl (C=O) groups excluding carboxylic acids is 1. The van der Waals surface area contributed by atoms with E-state index in [4.69, 9.17) is 0 Å². The van der Waals surface area contributed by atoms with Crippen LogP contribution in [0, 0.1) is 0 Å². The average molecular weight is 388 g/mol. The van der Waals surface area contributed by atoms with Crippen LogP contribution in [-0.2, 0) is 16.6 Å². The van der Waals surface area contributed by atoms with E-state index in [9.17, 15) is 13.2 Å². The molecule has 1 aliphatic rings. The highest BCUT2D eigenvalue weighted by molar-refractivity contribution is 7.89. The molecule has 3 rings (SSSR count). The number of aromatic nitrogens is 1. The minimum absolute atomic E-state index is 0.0757. The fourth-order valence-electron chi connectivity index (χ4n) is 3.20. The zero-order chi connectivity index (χ0) is 19.3. The lowest BCUT2D eigenvalue weighted by Gasteiger charge is -2.23. The van der Waals surface area contributed by atoms with Crippen LogP contribution >= 0.6 is 0 Å². The molecule has 1 heterocycles. The molecule has 1 aromatic heterocycles. The Morgan fingerprint density at radius 1 is 1.11 bits per heavy atom. The second-order valence-electron chi connectivity index (χ2n) is 6.65. The monoisotopic (exact) mass is 388 g/mol. The van der Waals surface area contributed by atoms with E-state index < -0.39 is 10.0 Å². The first-order valence-electron chi connectivity index (χ1n) is 8.98. The van der Waals surface area contributed by atoms with Crippen LogP contribution < -0.4 is 10.6 Å². The number of nitrogens with one attached hydrogen (secondary N) is 2. The lowest BCUT2D eigenvalue weighted by molar-refractivity contribution is 0.251. The van der Waals surface area contributed by atoms with Gasteiger partial charge in [-0.1, -0.05) is 12.8 Å². The Bertz CT molecular complexity index is 864. The Morgan fingerprint density at radius 2 is 1.74 bits per heavy atom. The van der Waals surface area contributed by atoms with Gasteiger partial charge in [-0.2, -0.15) is 4.31 Å². The van der Waals surface area contributed by atoms with E-state index >= 15 is 0 Å². The fraction of sp³-hybridized carbons (Fsp3) is 0.368. The molecule has 1 saturated carbocycles. The lowest BCUT2D eigenvalue weighted by atomic mass is 10.3. The van der Waals surface area contributed by atoms with Crippen LogP contribution in [0.2, 0.25) is 0 Å². The Balaban J connectivity index is 1.58. The van der Waals surface area contributed by atoms with Crippen LogP contribution in [0.25, 0.3) is 0 Å². The number of amides is 2. The second-order valence-corrected chi connectivity index (χ2v) is 8.64. The quantitative estimate of drug-likeness (QED) is 0.796. The van der Waals surface area contributed by atoms with E-state index in [-0.39, 0.29) is 17.0 Å². The first-order chi connectivity index (χ1) is 13.0. The van der Waals surface area contributed by atoms with Gasteiger partial charge in [0.2, 0.25) is 10.0 Å². The summed E-state index contributed by atoms with van der Waals surface area (Å²) in [5.41, 5.74) is 1.47. The summed E-state index contributed by atoms with van der Waals surface area (Å²) in [4.78, 5) is 16.1. The van der Waals surface area contributed by atoms with Crippen molar-refractivity contribution in [2.75, 3.05) is 12.4 Å². The molecule has 2 aromatic rings. The van der Waals surface area contributed by atoms with Gasteiger partial charge in [-0.05, 0) is 54.8 Å². The molecule has 2 N–H and O–H groups in total. The molecule has 7 nitrogen and oxygen atoms in total. The maximum Gasteiger partial charge on any atom is 0.319 e. The second kappa shape index (κ2) is 8.49. The highest BCUT2D eigenvalue weighted by atomic mass is 32.2. The molecule has 0 spiro atoms. The maximum atomic E-state index is 12.7. The number of pyridine rings is 1. The number of anilines is 1. The minimum atomic E-state index is -3.51. The number of hydrogen-bond donors (Lipinski definition) is 2. The summed E-state index contributed by atoms with van der Waals surface area (Å²) in [6, 6.07) is 9.61. The molecule has 0 saturated heterocycles. The average Bonchev–Trinajstić information content (AvgIpc) is 3.21. The largest absolute Gasteiger partial charge is 0.334 e. The molecular formula is C19H24N4O3S. The van der Waals surface area contributed by atoms with E-state index in [1.807, 2.05) is 12.1 Å². The number of sulfonamides is 1. The number of rotatable bonds is 6. The van der Waals surface area contributed by atoms with Crippen molar-refractivity contribution in [2.24, 2.45) is 0 Å². The summed E-state index contributed by atoms with van der Waals surface area (Å²) in [5.74, 6) is 0. The molecule has 2 amide bonds. The number of urea groups is 1. The number of benzene rings is 1. The van der Waals surface area contributed by atoms with E-state index in [1.54, 1.807) is 31.6 Å². The normalized spacial score (nSPS) is 15.0. The van der Waals surface area contributed by atoms with Gasteiger partial charge < -0.3 is 10.6 Å². The Morgan fingerprint density at radius 3 is 2.37 bits per heavy atom. The topological polar surface area (TPSA) is 91.4 Å². The van der Waals surface area contributed by atoms with E-state index in [2.05, 4.69) is 15.6 Å². The fourth-order valence-corrected chi connectivity index (χ4v) is 4.61. The van der Waals surface area contributed by atoms with Crippen molar-refractivity contribution in [3.8, 4) is 0 Å². The smallest absolute Gasteiger partial charge is 0.319 e. The molecule has 0 atom stereocenters. The summed E-state index contributed by atoms with van der Waals surface area (Å²) < 4.78 is 26.9. The molecule has 0 aliphatic heterocycles. The first kappa shape index (κ1) is 19.3. The third-order valence-electron chi connectivity index (χ3n) is 4.83. The molecule has 0 bridgehead atoms. The van der Waals surface area contributed by atoms with Gasteiger partial charge in [0, 0.05) is 37.7 Å². The van der Waals surface area contributed by atoms with Crippen molar-refractivity contribution in [2.45, 2.75) is 43.2 Å². The Hall–Kier alpha value is -2.45. The third kappa shape index (κ3) is 4.84. The number of carbonyl (C=O) groups is 1. The molecule has 27 heavy (non-hydrogen) atoms. The summed E-state index contributed by atoms with van der Waals surface area (Å²) >= 11 is 0. The van der Waals surface area contributed by atoms with Gasteiger partial charge in [0.25, 0.3) is 0 Å². The van der Waals surface area contributed by atoms with Gasteiger partial charge in [0.1, 0.15) is 0 Å². The van der Waals surface area contributed by atoms with Gasteiger partial charge in [0.15, 0.2) is 0 Å². The molecule has 144 valence electrons. The van der Waals surface area contributed by atoms with Gasteiger partial charge >= 0.3 is 6.03 Å². The summed E-state index contributed by atoms with van der Waals surface area (Å²) in [6.07, 6.45) is 7.29. The van der Waals surface area contributed by atoms with E-state index in [0.717, 1.165) is 31.2 Å². The Labute approximate surface area is 159 Å². The summed E-state index contributed by atoms with van der Waals surface area (Å²) in [7, 11) is -1.87. The molecule has 0 radical (unpaired) electrons. The van der Waals surface area contributed by atoms with Crippen molar-refractivity contribution in [1.82, 2.24) is 14.6 Å². The number of hydrogen-bond acceptors (Lipinski definition) is 4. The minimum Gasteiger partial charge on any atom is -0.334 e. The highest BCUT2D eigenvalue weighted by Gasteiger charge is 2.29. The van der Waals surface area contributed by atoms with Crippen LogP contribution in [0.3, 0.4) is 0 Å². The van der Waals surface area contributed by atoms with Crippen LogP contribution in [0.5, 0.6) is 0 Å². The van der Waals surface area contributed by atoms with Crippen molar-refractivity contribution in [3.63, 3.8) is 0 Å². The van der Waals surface area contributed by atoms with E-state index in [0.29, 0.717) is 12.2 Å². The summed E-state index contributed by atoms with van der Waals surface area (Å²) in [6.45, 7) is 0.382. The van der Waals surface area contributed by atoms with Gasteiger partial charge in [-0.25, -0.2) is 13.2 Å².